The van der Waals surface area contributed by atoms with Gasteiger partial charge >= 0.3 is 5.97 Å². The summed E-state index contributed by atoms with van der Waals surface area (Å²) in [4.78, 5) is 16.6. The van der Waals surface area contributed by atoms with Crippen LogP contribution in [0.1, 0.15) is 47.1 Å². The fraction of sp³-hybridized carbons (Fsp3) is 0.200. The van der Waals surface area contributed by atoms with Crippen LogP contribution >= 0.6 is 23.2 Å². The molecule has 4 rings (SSSR count). The first-order valence-electron chi connectivity index (χ1n) is 12.7. The van der Waals surface area contributed by atoms with E-state index in [-0.39, 0.29) is 5.75 Å². The van der Waals surface area contributed by atoms with E-state index in [1.807, 2.05) is 60.2 Å². The van der Waals surface area contributed by atoms with Crippen LogP contribution in [0.2, 0.25) is 10.0 Å². The summed E-state index contributed by atoms with van der Waals surface area (Å²) in [5.74, 6) is 0.388. The zero-order valence-electron chi connectivity index (χ0n) is 22.1. The van der Waals surface area contributed by atoms with Gasteiger partial charge in [-0.05, 0) is 66.1 Å². The van der Waals surface area contributed by atoms with Gasteiger partial charge in [0, 0.05) is 29.0 Å². The van der Waals surface area contributed by atoms with Gasteiger partial charge in [-0.3, -0.25) is 4.72 Å². The van der Waals surface area contributed by atoms with Gasteiger partial charge < -0.3 is 9.30 Å². The molecule has 208 valence electrons. The average Bonchev–Trinajstić information content (AvgIpc) is 3.33. The minimum absolute atomic E-state index is 0.0964. The maximum atomic E-state index is 12.2. The molecule has 7 nitrogen and oxygen atoms in total. The third-order valence-corrected chi connectivity index (χ3v) is 8.04. The summed E-state index contributed by atoms with van der Waals surface area (Å²) in [6.45, 7) is 2.45. The van der Waals surface area contributed by atoms with Crippen molar-refractivity contribution in [2.45, 2.75) is 26.3 Å². The molecule has 0 bridgehead atoms. The number of benzene rings is 3. The highest BCUT2D eigenvalue weighted by Crippen LogP contribution is 2.30. The van der Waals surface area contributed by atoms with Crippen LogP contribution in [0.15, 0.2) is 72.9 Å². The molecular weight excluding hydrogens is 569 g/mol. The van der Waals surface area contributed by atoms with E-state index >= 15 is 0 Å². The average molecular weight is 599 g/mol. The number of esters is 1. The van der Waals surface area contributed by atoms with E-state index < -0.39 is 16.0 Å². The zero-order chi connectivity index (χ0) is 28.7. The zero-order valence-corrected chi connectivity index (χ0v) is 24.4. The molecule has 0 atom stereocenters. The fourth-order valence-electron chi connectivity index (χ4n) is 3.98. The van der Waals surface area contributed by atoms with Gasteiger partial charge in [-0.1, -0.05) is 66.9 Å². The molecule has 1 N–H and O–H groups in total. The van der Waals surface area contributed by atoms with Crippen LogP contribution in [0.25, 0.3) is 23.4 Å². The fourth-order valence-corrected chi connectivity index (χ4v) is 5.75. The molecule has 0 amide bonds. The van der Waals surface area contributed by atoms with Crippen molar-refractivity contribution in [2.24, 2.45) is 0 Å². The van der Waals surface area contributed by atoms with E-state index in [9.17, 15) is 13.2 Å². The molecule has 0 saturated carbocycles. The van der Waals surface area contributed by atoms with E-state index in [1.54, 1.807) is 36.4 Å². The summed E-state index contributed by atoms with van der Waals surface area (Å²) in [6, 6.07) is 19.6. The molecule has 0 radical (unpaired) electrons. The molecular formula is C30H29Cl2N3O4S. The summed E-state index contributed by atoms with van der Waals surface area (Å²) in [6.07, 6.45) is 7.13. The highest BCUT2D eigenvalue weighted by atomic mass is 35.5. The first-order valence-corrected chi connectivity index (χ1v) is 15.1. The Morgan fingerprint density at radius 1 is 1.02 bits per heavy atom. The molecule has 3 aromatic carbocycles. The first-order chi connectivity index (χ1) is 19.2. The second-order valence-corrected chi connectivity index (χ2v) is 11.8. The van der Waals surface area contributed by atoms with Crippen molar-refractivity contribution in [1.82, 2.24) is 9.55 Å². The van der Waals surface area contributed by atoms with Gasteiger partial charge in [0.1, 0.15) is 5.82 Å². The number of anilines is 1. The van der Waals surface area contributed by atoms with Crippen LogP contribution in [0.4, 0.5) is 5.69 Å². The monoisotopic (exact) mass is 597 g/mol. The topological polar surface area (TPSA) is 90.3 Å². The second-order valence-electron chi connectivity index (χ2n) is 9.15. The van der Waals surface area contributed by atoms with Crippen LogP contribution in [0, 0.1) is 0 Å². The van der Waals surface area contributed by atoms with E-state index in [0.29, 0.717) is 45.8 Å². The smallest absolute Gasteiger partial charge is 0.337 e. The summed E-state index contributed by atoms with van der Waals surface area (Å²) in [7, 11) is -2.01. The van der Waals surface area contributed by atoms with Crippen LogP contribution in [0.3, 0.4) is 0 Å². The molecule has 0 spiro atoms. The van der Waals surface area contributed by atoms with E-state index in [4.69, 9.17) is 32.9 Å². The van der Waals surface area contributed by atoms with Crippen LogP contribution < -0.4 is 4.72 Å². The molecule has 0 unspecified atom stereocenters. The number of nitrogens with one attached hydrogen (secondary N) is 1. The molecule has 0 aliphatic carbocycles. The minimum Gasteiger partial charge on any atom is -0.465 e. The Morgan fingerprint density at radius 3 is 2.40 bits per heavy atom. The Kier molecular flexibility index (Phi) is 9.68. The van der Waals surface area contributed by atoms with Gasteiger partial charge in [-0.15, -0.1) is 0 Å². The maximum Gasteiger partial charge on any atom is 0.337 e. The quantitative estimate of drug-likeness (QED) is 0.182. The largest absolute Gasteiger partial charge is 0.465 e. The summed E-state index contributed by atoms with van der Waals surface area (Å²) < 4.78 is 33.8. The molecule has 40 heavy (non-hydrogen) atoms. The molecule has 1 aromatic heterocycles. The molecule has 0 aliphatic rings. The number of rotatable bonds is 11. The highest BCUT2D eigenvalue weighted by Gasteiger charge is 2.13. The Morgan fingerprint density at radius 2 is 1.75 bits per heavy atom. The molecule has 0 saturated heterocycles. The number of carbonyl (C=O) groups is 1. The van der Waals surface area contributed by atoms with Crippen molar-refractivity contribution < 1.29 is 17.9 Å². The Bertz CT molecular complexity index is 1610. The predicted octanol–water partition coefficient (Wildman–Crippen LogP) is 7.40. The van der Waals surface area contributed by atoms with Crippen molar-refractivity contribution >= 4 is 57.0 Å². The molecule has 0 fully saturated rings. The number of nitrogens with zero attached hydrogens (tertiary/aromatic N) is 2. The number of imidazole rings is 1. The number of ether oxygens (including phenoxy) is 1. The van der Waals surface area contributed by atoms with Crippen LogP contribution in [0.5, 0.6) is 0 Å². The van der Waals surface area contributed by atoms with Crippen molar-refractivity contribution in [1.29, 1.82) is 0 Å². The Balaban J connectivity index is 1.60. The Labute approximate surface area is 244 Å². The summed E-state index contributed by atoms with van der Waals surface area (Å²) >= 11 is 12.6. The molecule has 1 heterocycles. The van der Waals surface area contributed by atoms with Gasteiger partial charge in [0.2, 0.25) is 10.0 Å². The van der Waals surface area contributed by atoms with Gasteiger partial charge in [0.25, 0.3) is 0 Å². The lowest BCUT2D eigenvalue weighted by molar-refractivity contribution is 0.0600. The lowest BCUT2D eigenvalue weighted by Gasteiger charge is -2.08. The van der Waals surface area contributed by atoms with Gasteiger partial charge in [0.05, 0.1) is 29.1 Å². The van der Waals surface area contributed by atoms with Gasteiger partial charge in [-0.2, -0.15) is 0 Å². The third kappa shape index (κ3) is 7.75. The number of halogens is 2. The first kappa shape index (κ1) is 29.4. The number of unbranched alkanes of at least 4 members (excludes halogenated alkanes) is 1. The predicted molar refractivity (Wildman–Crippen MR) is 162 cm³/mol. The highest BCUT2D eigenvalue weighted by molar-refractivity contribution is 7.92. The van der Waals surface area contributed by atoms with Crippen LogP contribution in [-0.2, 0) is 21.3 Å². The lowest BCUT2D eigenvalue weighted by Crippen LogP contribution is -2.16. The van der Waals surface area contributed by atoms with E-state index in [2.05, 4.69) is 4.72 Å². The number of methoxy groups -OCH3 is 1. The van der Waals surface area contributed by atoms with Crippen molar-refractivity contribution in [2.75, 3.05) is 17.6 Å². The number of hydrogen-bond donors (Lipinski definition) is 1. The molecule has 4 aromatic rings. The van der Waals surface area contributed by atoms with E-state index in [1.165, 1.54) is 7.11 Å². The third-order valence-electron chi connectivity index (χ3n) is 6.12. The van der Waals surface area contributed by atoms with Gasteiger partial charge in [-0.25, -0.2) is 18.2 Å². The number of aromatic nitrogens is 2. The van der Waals surface area contributed by atoms with Gasteiger partial charge in [0.15, 0.2) is 0 Å². The summed E-state index contributed by atoms with van der Waals surface area (Å²) in [5, 5.41) is 1.03. The van der Waals surface area contributed by atoms with Crippen molar-refractivity contribution in [3.8, 4) is 11.3 Å². The normalized spacial score (nSPS) is 11.6. The van der Waals surface area contributed by atoms with Crippen molar-refractivity contribution in [3.63, 3.8) is 0 Å². The minimum atomic E-state index is -3.37. The summed E-state index contributed by atoms with van der Waals surface area (Å²) in [5.41, 5.74) is 4.27. The Hall–Kier alpha value is -3.59. The lowest BCUT2D eigenvalue weighted by atomic mass is 10.1. The maximum absolute atomic E-state index is 12.2. The van der Waals surface area contributed by atoms with Crippen LogP contribution in [-0.4, -0.2) is 36.8 Å². The van der Waals surface area contributed by atoms with E-state index in [0.717, 1.165) is 23.1 Å². The SMILES string of the molecule is CCCCS(=O)(=O)Nc1ccc(C=Cc2nc(-c3ccc(Cl)cc3Cl)cn2Cc2ccc(C(=O)OC)cc2)cc1. The molecule has 0 aliphatic heterocycles. The molecule has 10 heteroatoms. The number of carbonyl (C=O) groups excluding carboxylic acids is 1. The standard InChI is InChI=1S/C30H29Cl2N3O4S/c1-3-4-17-40(37,38)34-25-13-7-21(8-14-25)9-16-29-33-28(26-15-12-24(31)18-27(26)32)20-35(29)19-22-5-10-23(11-6-22)30(36)39-2/h5-16,18,20,34H,3-4,17,19H2,1-2H3. The number of hydrogen-bond acceptors (Lipinski definition) is 5. The van der Waals surface area contributed by atoms with Crippen molar-refractivity contribution in [3.05, 3.63) is 105 Å². The second kappa shape index (κ2) is 13.2. The number of sulfonamides is 1.